The first-order valence-electron chi connectivity index (χ1n) is 11.6. The third kappa shape index (κ3) is 5.40. The Hall–Kier alpha value is -3.41. The van der Waals surface area contributed by atoms with E-state index in [-0.39, 0.29) is 63.8 Å². The number of hydrogen-bond acceptors (Lipinski definition) is 15. The summed E-state index contributed by atoms with van der Waals surface area (Å²) in [7, 11) is 0. The number of ether oxygens (including phenoxy) is 3. The summed E-state index contributed by atoms with van der Waals surface area (Å²) in [6.45, 7) is 1.17. The molecule has 1 saturated heterocycles. The number of rotatable bonds is 10. The number of carbonyl (C=O) groups excluding carboxylic acids is 1. The summed E-state index contributed by atoms with van der Waals surface area (Å²) in [5.74, 6) is -0.310. The fraction of sp³-hybridized carbons (Fsp3) is 0.455. The fourth-order valence-electron chi connectivity index (χ4n) is 3.90. The first-order chi connectivity index (χ1) is 18.2. The van der Waals surface area contributed by atoms with Crippen molar-refractivity contribution in [3.05, 3.63) is 24.0 Å². The van der Waals surface area contributed by atoms with E-state index < -0.39 is 43.2 Å². The average molecular weight is 552 g/mol. The van der Waals surface area contributed by atoms with Crippen molar-refractivity contribution in [3.8, 4) is 5.75 Å². The molecule has 5 atom stereocenters. The van der Waals surface area contributed by atoms with Gasteiger partial charge in [-0.2, -0.15) is 0 Å². The average Bonchev–Trinajstić information content (AvgIpc) is 3.39. The third-order valence-corrected chi connectivity index (χ3v) is 6.82. The molecular weight excluding hydrogens is 522 g/mol. The first kappa shape index (κ1) is 27.6. The van der Waals surface area contributed by atoms with Crippen LogP contribution in [-0.4, -0.2) is 95.9 Å². The number of anilines is 3. The Morgan fingerprint density at radius 3 is 2.55 bits per heavy atom. The SMILES string of the molecule is CCOC(=O)c1cc(N)c(OCC(O)CSc2nc3c(N)ncnc3n2[C@@H]2O[C@H](CO)[C@@H](O)[C@H]2O)c(N)c1. The van der Waals surface area contributed by atoms with Gasteiger partial charge in [-0.05, 0) is 19.1 Å². The summed E-state index contributed by atoms with van der Waals surface area (Å²) in [5, 5.41) is 41.1. The van der Waals surface area contributed by atoms with Gasteiger partial charge in [0.25, 0.3) is 0 Å². The lowest BCUT2D eigenvalue weighted by atomic mass is 10.1. The van der Waals surface area contributed by atoms with Crippen LogP contribution in [0.3, 0.4) is 0 Å². The second kappa shape index (κ2) is 11.5. The van der Waals surface area contributed by atoms with Gasteiger partial charge < -0.3 is 51.8 Å². The zero-order chi connectivity index (χ0) is 27.6. The normalized spacial score (nSPS) is 22.0. The molecule has 0 radical (unpaired) electrons. The predicted octanol–water partition coefficient (Wildman–Crippen LogP) is -1.11. The topological polar surface area (TPSA) is 247 Å². The molecule has 16 heteroatoms. The molecule has 3 heterocycles. The number of imidazole rings is 1. The monoisotopic (exact) mass is 551 g/mol. The van der Waals surface area contributed by atoms with E-state index in [1.807, 2.05) is 0 Å². The highest BCUT2D eigenvalue weighted by Crippen LogP contribution is 2.37. The molecule has 0 saturated carbocycles. The highest BCUT2D eigenvalue weighted by Gasteiger charge is 2.45. The molecule has 1 aromatic carbocycles. The molecule has 3 aromatic rings. The van der Waals surface area contributed by atoms with Crippen molar-refractivity contribution in [3.63, 3.8) is 0 Å². The van der Waals surface area contributed by atoms with Crippen LogP contribution < -0.4 is 21.9 Å². The Bertz CT molecular complexity index is 1290. The summed E-state index contributed by atoms with van der Waals surface area (Å²) in [6.07, 6.45) is -4.70. The number of esters is 1. The van der Waals surface area contributed by atoms with Crippen molar-refractivity contribution in [2.45, 2.75) is 42.7 Å². The summed E-state index contributed by atoms with van der Waals surface area (Å²) in [6, 6.07) is 2.75. The molecule has 0 amide bonds. The number of aliphatic hydroxyl groups excluding tert-OH is 4. The van der Waals surface area contributed by atoms with E-state index in [0.717, 1.165) is 11.8 Å². The lowest BCUT2D eigenvalue weighted by molar-refractivity contribution is -0.0548. The number of nitrogen functional groups attached to an aromatic ring is 3. The Balaban J connectivity index is 1.49. The number of fused-ring (bicyclic) bond motifs is 1. The smallest absolute Gasteiger partial charge is 0.338 e. The van der Waals surface area contributed by atoms with Crippen LogP contribution in [0.5, 0.6) is 5.75 Å². The van der Waals surface area contributed by atoms with Crippen LogP contribution >= 0.6 is 11.8 Å². The van der Waals surface area contributed by atoms with Gasteiger partial charge in [0, 0.05) is 5.75 Å². The molecule has 1 aliphatic heterocycles. The van der Waals surface area contributed by atoms with Gasteiger partial charge in [-0.3, -0.25) is 4.57 Å². The van der Waals surface area contributed by atoms with E-state index in [1.54, 1.807) is 6.92 Å². The number of benzene rings is 1. The quantitative estimate of drug-likeness (QED) is 0.0896. The lowest BCUT2D eigenvalue weighted by Crippen LogP contribution is -2.33. The molecule has 2 aromatic heterocycles. The van der Waals surface area contributed by atoms with Crippen LogP contribution in [0.1, 0.15) is 23.5 Å². The molecule has 10 N–H and O–H groups in total. The van der Waals surface area contributed by atoms with Crippen molar-refractivity contribution >= 4 is 46.1 Å². The Labute approximate surface area is 220 Å². The van der Waals surface area contributed by atoms with E-state index in [2.05, 4.69) is 15.0 Å². The second-order valence-electron chi connectivity index (χ2n) is 8.40. The van der Waals surface area contributed by atoms with Crippen LogP contribution in [0.2, 0.25) is 0 Å². The van der Waals surface area contributed by atoms with Gasteiger partial charge in [0.05, 0.1) is 36.3 Å². The summed E-state index contributed by atoms with van der Waals surface area (Å²) in [4.78, 5) is 24.5. The largest absolute Gasteiger partial charge is 0.487 e. The molecular formula is C22H29N7O8S. The number of carbonyl (C=O) groups is 1. The molecule has 0 bridgehead atoms. The number of thioether (sulfide) groups is 1. The predicted molar refractivity (Wildman–Crippen MR) is 136 cm³/mol. The maximum absolute atomic E-state index is 11.9. The van der Waals surface area contributed by atoms with Gasteiger partial charge in [0.15, 0.2) is 34.1 Å². The maximum Gasteiger partial charge on any atom is 0.338 e. The van der Waals surface area contributed by atoms with Crippen LogP contribution in [0.15, 0.2) is 23.6 Å². The molecule has 206 valence electrons. The lowest BCUT2D eigenvalue weighted by Gasteiger charge is -2.20. The van der Waals surface area contributed by atoms with Gasteiger partial charge in [-0.1, -0.05) is 11.8 Å². The minimum atomic E-state index is -1.39. The summed E-state index contributed by atoms with van der Waals surface area (Å²) < 4.78 is 17.7. The molecule has 1 fully saturated rings. The van der Waals surface area contributed by atoms with Gasteiger partial charge >= 0.3 is 5.97 Å². The Morgan fingerprint density at radius 2 is 1.92 bits per heavy atom. The van der Waals surface area contributed by atoms with E-state index in [1.165, 1.54) is 23.0 Å². The van der Waals surface area contributed by atoms with Gasteiger partial charge in [-0.25, -0.2) is 19.7 Å². The Morgan fingerprint density at radius 1 is 1.21 bits per heavy atom. The minimum absolute atomic E-state index is 0.0617. The number of nitrogens with two attached hydrogens (primary N) is 3. The molecule has 38 heavy (non-hydrogen) atoms. The first-order valence-corrected chi connectivity index (χ1v) is 12.5. The second-order valence-corrected chi connectivity index (χ2v) is 9.39. The van der Waals surface area contributed by atoms with Crippen LogP contribution in [-0.2, 0) is 9.47 Å². The zero-order valence-electron chi connectivity index (χ0n) is 20.3. The van der Waals surface area contributed by atoms with Crippen molar-refractivity contribution in [1.29, 1.82) is 0 Å². The number of aliphatic hydroxyl groups is 4. The third-order valence-electron chi connectivity index (χ3n) is 5.73. The summed E-state index contributed by atoms with van der Waals surface area (Å²) in [5.41, 5.74) is 18.8. The van der Waals surface area contributed by atoms with Crippen LogP contribution in [0.25, 0.3) is 11.2 Å². The highest BCUT2D eigenvalue weighted by molar-refractivity contribution is 7.99. The molecule has 0 spiro atoms. The van der Waals surface area contributed by atoms with E-state index in [9.17, 15) is 25.2 Å². The minimum Gasteiger partial charge on any atom is -0.487 e. The van der Waals surface area contributed by atoms with Gasteiger partial charge in [0.1, 0.15) is 31.2 Å². The van der Waals surface area contributed by atoms with E-state index >= 15 is 0 Å². The van der Waals surface area contributed by atoms with Crippen molar-refractivity contribution in [2.24, 2.45) is 0 Å². The molecule has 1 unspecified atom stereocenters. The molecule has 1 aliphatic rings. The van der Waals surface area contributed by atoms with E-state index in [4.69, 9.17) is 31.4 Å². The van der Waals surface area contributed by atoms with Crippen molar-refractivity contribution in [1.82, 2.24) is 19.5 Å². The Kier molecular flexibility index (Phi) is 8.39. The number of aromatic nitrogens is 4. The van der Waals surface area contributed by atoms with Crippen molar-refractivity contribution in [2.75, 3.05) is 42.8 Å². The molecule has 4 rings (SSSR count). The standard InChI is InChI=1S/C22H29N7O8S/c1-2-35-21(34)9-3-11(23)17(12(24)4-9)36-6-10(31)7-38-22-28-14-18(25)26-8-27-19(14)29(22)20-16(33)15(32)13(5-30)37-20/h3-4,8,10,13,15-16,20,30-33H,2,5-7,23-24H2,1H3,(H2,25,26,27)/t10?,13-,15-,16-,20-/m1/s1. The van der Waals surface area contributed by atoms with Crippen LogP contribution in [0, 0.1) is 0 Å². The zero-order valence-corrected chi connectivity index (χ0v) is 21.1. The van der Waals surface area contributed by atoms with Crippen LogP contribution in [0.4, 0.5) is 17.2 Å². The number of hydrogen-bond donors (Lipinski definition) is 7. The molecule has 15 nitrogen and oxygen atoms in total. The fourth-order valence-corrected chi connectivity index (χ4v) is 4.83. The molecule has 0 aliphatic carbocycles. The van der Waals surface area contributed by atoms with Crippen molar-refractivity contribution < 1.29 is 39.4 Å². The number of nitrogens with zero attached hydrogens (tertiary/aromatic N) is 4. The maximum atomic E-state index is 11.9. The van der Waals surface area contributed by atoms with E-state index in [0.29, 0.717) is 0 Å². The van der Waals surface area contributed by atoms with Gasteiger partial charge in [0.2, 0.25) is 0 Å². The highest BCUT2D eigenvalue weighted by atomic mass is 32.2. The van der Waals surface area contributed by atoms with Gasteiger partial charge in [-0.15, -0.1) is 0 Å². The summed E-state index contributed by atoms with van der Waals surface area (Å²) >= 11 is 1.08.